The van der Waals surface area contributed by atoms with Crippen LogP contribution in [0.2, 0.25) is 0 Å². The highest BCUT2D eigenvalue weighted by Gasteiger charge is 2.52. The Kier molecular flexibility index (Phi) is 4.43. The van der Waals surface area contributed by atoms with E-state index in [2.05, 4.69) is 5.32 Å². The Labute approximate surface area is 113 Å². The number of amides is 2. The molecule has 2 unspecified atom stereocenters. The summed E-state index contributed by atoms with van der Waals surface area (Å²) >= 11 is 5.53. The SMILES string of the molecule is CCC1(C)NC(=O)C(C)(CC)N(C/C=C/Cl)C1=O. The molecule has 0 spiro atoms. The molecule has 1 heterocycles. The fraction of sp³-hybridized carbons (Fsp3) is 0.692. The quantitative estimate of drug-likeness (QED) is 0.851. The van der Waals surface area contributed by atoms with Crippen molar-refractivity contribution in [2.45, 2.75) is 51.6 Å². The molecule has 2 atom stereocenters. The molecule has 1 N–H and O–H groups in total. The van der Waals surface area contributed by atoms with Gasteiger partial charge in [0.2, 0.25) is 11.8 Å². The van der Waals surface area contributed by atoms with Crippen LogP contribution in [0, 0.1) is 0 Å². The van der Waals surface area contributed by atoms with E-state index in [1.807, 2.05) is 13.8 Å². The summed E-state index contributed by atoms with van der Waals surface area (Å²) in [4.78, 5) is 26.4. The van der Waals surface area contributed by atoms with Gasteiger partial charge in [-0.25, -0.2) is 0 Å². The van der Waals surface area contributed by atoms with Crippen molar-refractivity contribution in [3.05, 3.63) is 11.6 Å². The Balaban J connectivity index is 3.17. The van der Waals surface area contributed by atoms with E-state index >= 15 is 0 Å². The Morgan fingerprint density at radius 3 is 2.33 bits per heavy atom. The summed E-state index contributed by atoms with van der Waals surface area (Å²) in [6.45, 7) is 7.70. The van der Waals surface area contributed by atoms with Gasteiger partial charge in [0.1, 0.15) is 11.1 Å². The van der Waals surface area contributed by atoms with Crippen LogP contribution in [0.5, 0.6) is 0 Å². The third kappa shape index (κ3) is 2.26. The van der Waals surface area contributed by atoms with Gasteiger partial charge in [0.05, 0.1) is 0 Å². The average Bonchev–Trinajstić information content (AvgIpc) is 2.36. The van der Waals surface area contributed by atoms with Gasteiger partial charge in [-0.2, -0.15) is 0 Å². The van der Waals surface area contributed by atoms with Crippen molar-refractivity contribution in [2.75, 3.05) is 6.54 Å². The maximum absolute atomic E-state index is 12.5. The lowest BCUT2D eigenvalue weighted by Gasteiger charge is -2.49. The second kappa shape index (κ2) is 5.31. The number of piperazine rings is 1. The van der Waals surface area contributed by atoms with Crippen LogP contribution in [0.25, 0.3) is 0 Å². The molecular formula is C13H21ClN2O2. The van der Waals surface area contributed by atoms with E-state index in [1.54, 1.807) is 24.8 Å². The van der Waals surface area contributed by atoms with Crippen molar-refractivity contribution in [1.29, 1.82) is 0 Å². The van der Waals surface area contributed by atoms with E-state index in [9.17, 15) is 9.59 Å². The fourth-order valence-corrected chi connectivity index (χ4v) is 2.18. The molecule has 102 valence electrons. The summed E-state index contributed by atoms with van der Waals surface area (Å²) in [5.74, 6) is -0.152. The first-order valence-electron chi connectivity index (χ1n) is 6.25. The van der Waals surface area contributed by atoms with Crippen LogP contribution in [0.4, 0.5) is 0 Å². The lowest BCUT2D eigenvalue weighted by atomic mass is 9.84. The Morgan fingerprint density at radius 2 is 1.89 bits per heavy atom. The van der Waals surface area contributed by atoms with Crippen LogP contribution < -0.4 is 5.32 Å². The molecule has 18 heavy (non-hydrogen) atoms. The second-order valence-electron chi connectivity index (χ2n) is 5.04. The summed E-state index contributed by atoms with van der Waals surface area (Å²) in [5, 5.41) is 2.85. The van der Waals surface area contributed by atoms with Crippen molar-refractivity contribution >= 4 is 23.4 Å². The number of halogens is 1. The topological polar surface area (TPSA) is 49.4 Å². The van der Waals surface area contributed by atoms with Crippen LogP contribution >= 0.6 is 11.6 Å². The highest BCUT2D eigenvalue weighted by atomic mass is 35.5. The van der Waals surface area contributed by atoms with Crippen molar-refractivity contribution in [3.8, 4) is 0 Å². The highest BCUT2D eigenvalue weighted by Crippen LogP contribution is 2.30. The summed E-state index contributed by atoms with van der Waals surface area (Å²) in [6.07, 6.45) is 2.82. The van der Waals surface area contributed by atoms with E-state index in [1.165, 1.54) is 5.54 Å². The summed E-state index contributed by atoms with van der Waals surface area (Å²) in [6, 6.07) is 0. The number of hydrogen-bond donors (Lipinski definition) is 1. The molecule has 2 amide bonds. The molecule has 4 nitrogen and oxygen atoms in total. The van der Waals surface area contributed by atoms with Gasteiger partial charge in [-0.05, 0) is 26.7 Å². The predicted octanol–water partition coefficient (Wildman–Crippen LogP) is 2.03. The van der Waals surface area contributed by atoms with Crippen molar-refractivity contribution in [3.63, 3.8) is 0 Å². The average molecular weight is 273 g/mol. The highest BCUT2D eigenvalue weighted by molar-refractivity contribution is 6.25. The molecule has 1 aliphatic rings. The van der Waals surface area contributed by atoms with Gasteiger partial charge < -0.3 is 10.2 Å². The van der Waals surface area contributed by atoms with E-state index in [-0.39, 0.29) is 11.8 Å². The number of hydrogen-bond acceptors (Lipinski definition) is 2. The Hall–Kier alpha value is -1.03. The van der Waals surface area contributed by atoms with Crippen LogP contribution in [-0.2, 0) is 9.59 Å². The molecule has 5 heteroatoms. The minimum atomic E-state index is -0.814. The smallest absolute Gasteiger partial charge is 0.249 e. The molecule has 1 saturated heterocycles. The normalized spacial score (nSPS) is 33.1. The largest absolute Gasteiger partial charge is 0.340 e. The molecule has 0 aromatic heterocycles. The maximum Gasteiger partial charge on any atom is 0.249 e. The van der Waals surface area contributed by atoms with Gasteiger partial charge in [-0.3, -0.25) is 9.59 Å². The number of carbonyl (C=O) groups is 2. The monoisotopic (exact) mass is 272 g/mol. The predicted molar refractivity (Wildman–Crippen MR) is 72.2 cm³/mol. The summed E-state index contributed by atoms with van der Waals surface area (Å²) in [7, 11) is 0. The maximum atomic E-state index is 12.5. The van der Waals surface area contributed by atoms with Crippen LogP contribution in [0.3, 0.4) is 0 Å². The van der Waals surface area contributed by atoms with Gasteiger partial charge in [-0.15, -0.1) is 0 Å². The minimum Gasteiger partial charge on any atom is -0.340 e. The zero-order chi connectivity index (χ0) is 14.0. The number of rotatable bonds is 4. The second-order valence-corrected chi connectivity index (χ2v) is 5.30. The third-order valence-electron chi connectivity index (χ3n) is 3.96. The molecule has 0 bridgehead atoms. The van der Waals surface area contributed by atoms with Gasteiger partial charge in [0, 0.05) is 12.1 Å². The van der Waals surface area contributed by atoms with E-state index in [4.69, 9.17) is 11.6 Å². The van der Waals surface area contributed by atoms with Crippen LogP contribution in [0.15, 0.2) is 11.6 Å². The van der Waals surface area contributed by atoms with Gasteiger partial charge >= 0.3 is 0 Å². The molecule has 0 radical (unpaired) electrons. The molecule has 0 aromatic carbocycles. The molecule has 1 fully saturated rings. The van der Waals surface area contributed by atoms with Crippen molar-refractivity contribution in [1.82, 2.24) is 10.2 Å². The number of nitrogens with one attached hydrogen (secondary N) is 1. The first kappa shape index (κ1) is 15.0. The van der Waals surface area contributed by atoms with E-state index < -0.39 is 11.1 Å². The van der Waals surface area contributed by atoms with E-state index in [0.29, 0.717) is 19.4 Å². The van der Waals surface area contributed by atoms with Crippen molar-refractivity contribution < 1.29 is 9.59 Å². The Morgan fingerprint density at radius 1 is 1.28 bits per heavy atom. The molecule has 0 aliphatic carbocycles. The molecule has 1 rings (SSSR count). The van der Waals surface area contributed by atoms with Gasteiger partial charge in [0.15, 0.2) is 0 Å². The fourth-order valence-electron chi connectivity index (χ4n) is 2.10. The third-order valence-corrected chi connectivity index (χ3v) is 4.14. The zero-order valence-electron chi connectivity index (χ0n) is 11.4. The van der Waals surface area contributed by atoms with E-state index in [0.717, 1.165) is 0 Å². The van der Waals surface area contributed by atoms with Crippen LogP contribution in [0.1, 0.15) is 40.5 Å². The number of nitrogens with zero attached hydrogens (tertiary/aromatic N) is 1. The van der Waals surface area contributed by atoms with Crippen LogP contribution in [-0.4, -0.2) is 34.3 Å². The van der Waals surface area contributed by atoms with Gasteiger partial charge in [0.25, 0.3) is 0 Å². The number of carbonyl (C=O) groups excluding carboxylic acids is 2. The summed E-state index contributed by atoms with van der Waals surface area (Å²) < 4.78 is 0. The lowest BCUT2D eigenvalue weighted by Crippen LogP contribution is -2.73. The minimum absolute atomic E-state index is 0.0521. The molecular weight excluding hydrogens is 252 g/mol. The molecule has 0 saturated carbocycles. The Bertz CT molecular complexity index is 383. The standard InChI is InChI=1S/C13H21ClN2O2/c1-5-12(3)11(18)16(9-7-8-14)13(4,6-2)10(17)15-12/h7-8H,5-6,9H2,1-4H3,(H,15,17)/b8-7+. The zero-order valence-corrected chi connectivity index (χ0v) is 12.2. The van der Waals surface area contributed by atoms with Gasteiger partial charge in [-0.1, -0.05) is 31.5 Å². The molecule has 1 aliphatic heterocycles. The van der Waals surface area contributed by atoms with Crippen molar-refractivity contribution in [2.24, 2.45) is 0 Å². The first-order valence-corrected chi connectivity index (χ1v) is 6.69. The lowest BCUT2D eigenvalue weighted by molar-refractivity contribution is -0.161. The summed E-state index contributed by atoms with van der Waals surface area (Å²) in [5.41, 5.74) is -0.243. The molecule has 0 aromatic rings. The first-order chi connectivity index (χ1) is 8.35.